The summed E-state index contributed by atoms with van der Waals surface area (Å²) in [4.78, 5) is 20.3. The number of likely N-dealkylation sites (tertiary alicyclic amines) is 1. The van der Waals surface area contributed by atoms with Gasteiger partial charge in [-0.15, -0.1) is 11.3 Å². The molecule has 1 aliphatic heterocycles. The summed E-state index contributed by atoms with van der Waals surface area (Å²) in [6.07, 6.45) is 5.77. The summed E-state index contributed by atoms with van der Waals surface area (Å²) in [6, 6.07) is 8.21. The van der Waals surface area contributed by atoms with E-state index in [9.17, 15) is 4.79 Å². The molecule has 2 heterocycles. The first-order valence-corrected chi connectivity index (χ1v) is 9.00. The molecular weight excluding hydrogens is 306 g/mol. The molecule has 1 fully saturated rings. The number of anilines is 1. The van der Waals surface area contributed by atoms with E-state index in [4.69, 9.17) is 0 Å². The number of thiazole rings is 1. The molecule has 1 N–H and O–H groups in total. The molecule has 0 saturated carbocycles. The number of nitrogens with one attached hydrogen (secondary N) is 1. The van der Waals surface area contributed by atoms with Crippen molar-refractivity contribution in [1.82, 2.24) is 9.88 Å². The van der Waals surface area contributed by atoms with E-state index < -0.39 is 0 Å². The third-order valence-electron chi connectivity index (χ3n) is 4.39. The first-order valence-electron chi connectivity index (χ1n) is 8.18. The molecule has 1 unspecified atom stereocenters. The van der Waals surface area contributed by atoms with Crippen LogP contribution in [0, 0.1) is 6.92 Å². The van der Waals surface area contributed by atoms with Crippen LogP contribution < -0.4 is 5.32 Å². The van der Waals surface area contributed by atoms with Gasteiger partial charge >= 0.3 is 0 Å². The fourth-order valence-corrected chi connectivity index (χ4v) is 3.74. The van der Waals surface area contributed by atoms with Crippen LogP contribution in [0.4, 0.5) is 5.13 Å². The van der Waals surface area contributed by atoms with Crippen LogP contribution in [0.1, 0.15) is 47.0 Å². The van der Waals surface area contributed by atoms with E-state index in [1.807, 2.05) is 37.4 Å². The predicted molar refractivity (Wildman–Crippen MR) is 95.0 cm³/mol. The second-order valence-electron chi connectivity index (χ2n) is 6.27. The van der Waals surface area contributed by atoms with Crippen molar-refractivity contribution in [3.63, 3.8) is 0 Å². The maximum absolute atomic E-state index is 12.2. The van der Waals surface area contributed by atoms with Crippen LogP contribution in [0.3, 0.4) is 0 Å². The topological polar surface area (TPSA) is 45.2 Å². The highest BCUT2D eigenvalue weighted by molar-refractivity contribution is 7.15. The van der Waals surface area contributed by atoms with E-state index in [2.05, 4.69) is 22.1 Å². The number of carbonyl (C=O) groups excluding carboxylic acids is 1. The maximum atomic E-state index is 12.2. The second kappa shape index (κ2) is 7.23. The molecule has 1 aliphatic rings. The van der Waals surface area contributed by atoms with Crippen molar-refractivity contribution in [3.8, 4) is 0 Å². The molecule has 0 bridgehead atoms. The number of piperidine rings is 1. The maximum Gasteiger partial charge on any atom is 0.257 e. The van der Waals surface area contributed by atoms with Gasteiger partial charge in [0.25, 0.3) is 5.91 Å². The lowest BCUT2D eigenvalue weighted by molar-refractivity contribution is 0.102. The van der Waals surface area contributed by atoms with Gasteiger partial charge < -0.3 is 0 Å². The number of benzene rings is 1. The molecule has 4 nitrogen and oxygen atoms in total. The number of hydrogen-bond donors (Lipinski definition) is 1. The van der Waals surface area contributed by atoms with Crippen LogP contribution in [0.25, 0.3) is 0 Å². The average Bonchev–Trinajstić information content (AvgIpc) is 2.97. The van der Waals surface area contributed by atoms with Gasteiger partial charge in [0.05, 0.1) is 0 Å². The molecule has 1 atom stereocenters. The predicted octanol–water partition coefficient (Wildman–Crippen LogP) is 4.08. The van der Waals surface area contributed by atoms with Gasteiger partial charge in [-0.2, -0.15) is 0 Å². The summed E-state index contributed by atoms with van der Waals surface area (Å²) in [5.74, 6) is -0.0998. The van der Waals surface area contributed by atoms with Crippen molar-refractivity contribution in [1.29, 1.82) is 0 Å². The lowest BCUT2D eigenvalue weighted by atomic mass is 10.0. The summed E-state index contributed by atoms with van der Waals surface area (Å²) < 4.78 is 0. The third-order valence-corrected chi connectivity index (χ3v) is 5.28. The fourth-order valence-electron chi connectivity index (χ4n) is 2.91. The van der Waals surface area contributed by atoms with Crippen molar-refractivity contribution in [2.24, 2.45) is 0 Å². The molecule has 0 radical (unpaired) electrons. The molecule has 0 spiro atoms. The number of rotatable bonds is 4. The van der Waals surface area contributed by atoms with Gasteiger partial charge in [0.15, 0.2) is 5.13 Å². The van der Waals surface area contributed by atoms with Crippen LogP contribution in [0.5, 0.6) is 0 Å². The van der Waals surface area contributed by atoms with Crippen molar-refractivity contribution in [2.45, 2.75) is 45.7 Å². The van der Waals surface area contributed by atoms with Crippen LogP contribution in [0.2, 0.25) is 0 Å². The normalized spacial score (nSPS) is 18.8. The molecule has 1 saturated heterocycles. The molecule has 0 aliphatic carbocycles. The Hall–Kier alpha value is -1.72. The Morgan fingerprint density at radius 1 is 1.35 bits per heavy atom. The quantitative estimate of drug-likeness (QED) is 0.919. The Morgan fingerprint density at radius 3 is 2.87 bits per heavy atom. The SMILES string of the molecule is Cc1ccc(C(=O)Nc2ncc(CN3CCCCC3C)s2)cc1. The van der Waals surface area contributed by atoms with E-state index in [0.717, 1.165) is 18.7 Å². The zero-order valence-electron chi connectivity index (χ0n) is 13.7. The van der Waals surface area contributed by atoms with Crippen molar-refractivity contribution < 1.29 is 4.79 Å². The third kappa shape index (κ3) is 4.18. The highest BCUT2D eigenvalue weighted by Gasteiger charge is 2.19. The first kappa shape index (κ1) is 16.1. The van der Waals surface area contributed by atoms with E-state index in [1.165, 1.54) is 24.1 Å². The Kier molecular flexibility index (Phi) is 5.08. The number of amides is 1. The summed E-state index contributed by atoms with van der Waals surface area (Å²) >= 11 is 1.57. The molecule has 2 aromatic rings. The number of aromatic nitrogens is 1. The van der Waals surface area contributed by atoms with Crippen LogP contribution in [-0.4, -0.2) is 28.4 Å². The van der Waals surface area contributed by atoms with Crippen LogP contribution >= 0.6 is 11.3 Å². The number of hydrogen-bond acceptors (Lipinski definition) is 4. The Bertz CT molecular complexity index is 665. The summed E-state index contributed by atoms with van der Waals surface area (Å²) in [5, 5.41) is 3.57. The number of nitrogens with zero attached hydrogens (tertiary/aromatic N) is 2. The monoisotopic (exact) mass is 329 g/mol. The first-order chi connectivity index (χ1) is 11.1. The van der Waals surface area contributed by atoms with Gasteiger partial charge in [-0.3, -0.25) is 15.0 Å². The highest BCUT2D eigenvalue weighted by atomic mass is 32.1. The van der Waals surface area contributed by atoms with Crippen LogP contribution in [0.15, 0.2) is 30.5 Å². The minimum Gasteiger partial charge on any atom is -0.298 e. The summed E-state index contributed by atoms with van der Waals surface area (Å²) in [6.45, 7) is 6.39. The Morgan fingerprint density at radius 2 is 2.13 bits per heavy atom. The largest absolute Gasteiger partial charge is 0.298 e. The number of aryl methyl sites for hydroxylation is 1. The molecule has 1 aromatic heterocycles. The Labute approximate surface area is 141 Å². The molecular formula is C18H23N3OS. The molecule has 3 rings (SSSR count). The van der Waals surface area contributed by atoms with Gasteiger partial charge in [0.2, 0.25) is 0 Å². The van der Waals surface area contributed by atoms with Gasteiger partial charge in [-0.05, 0) is 45.4 Å². The standard InChI is InChI=1S/C18H23N3OS/c1-13-6-8-15(9-7-13)17(22)20-18-19-11-16(23-18)12-21-10-4-3-5-14(21)2/h6-9,11,14H,3-5,10,12H2,1-2H3,(H,19,20,22). The van der Waals surface area contributed by atoms with Gasteiger partial charge in [-0.1, -0.05) is 24.1 Å². The van der Waals surface area contributed by atoms with Gasteiger partial charge in [0.1, 0.15) is 0 Å². The highest BCUT2D eigenvalue weighted by Crippen LogP contribution is 2.24. The molecule has 5 heteroatoms. The minimum absolute atomic E-state index is 0.0998. The fraction of sp³-hybridized carbons (Fsp3) is 0.444. The van der Waals surface area contributed by atoms with E-state index in [1.54, 1.807) is 11.3 Å². The number of carbonyl (C=O) groups is 1. The van der Waals surface area contributed by atoms with E-state index >= 15 is 0 Å². The Balaban J connectivity index is 1.60. The molecule has 1 amide bonds. The molecule has 1 aromatic carbocycles. The lowest BCUT2D eigenvalue weighted by Gasteiger charge is -2.32. The minimum atomic E-state index is -0.0998. The van der Waals surface area contributed by atoms with Crippen molar-refractivity contribution in [3.05, 3.63) is 46.5 Å². The van der Waals surface area contributed by atoms with E-state index in [-0.39, 0.29) is 5.91 Å². The zero-order chi connectivity index (χ0) is 16.2. The van der Waals surface area contributed by atoms with E-state index in [0.29, 0.717) is 16.7 Å². The second-order valence-corrected chi connectivity index (χ2v) is 7.38. The smallest absolute Gasteiger partial charge is 0.257 e. The average molecular weight is 329 g/mol. The lowest BCUT2D eigenvalue weighted by Crippen LogP contribution is -2.36. The molecule has 122 valence electrons. The zero-order valence-corrected chi connectivity index (χ0v) is 14.5. The summed E-state index contributed by atoms with van der Waals surface area (Å²) in [5.41, 5.74) is 1.81. The molecule has 23 heavy (non-hydrogen) atoms. The summed E-state index contributed by atoms with van der Waals surface area (Å²) in [7, 11) is 0. The van der Waals surface area contributed by atoms with Gasteiger partial charge in [0, 0.05) is 29.2 Å². The van der Waals surface area contributed by atoms with Crippen molar-refractivity contribution >= 4 is 22.4 Å². The van der Waals surface area contributed by atoms with Crippen LogP contribution in [-0.2, 0) is 6.54 Å². The van der Waals surface area contributed by atoms with Crippen molar-refractivity contribution in [2.75, 3.05) is 11.9 Å². The van der Waals surface area contributed by atoms with Gasteiger partial charge in [-0.25, -0.2) is 4.98 Å².